The number of nitrogens with one attached hydrogen (secondary N) is 2. The van der Waals surface area contributed by atoms with Gasteiger partial charge in [0.25, 0.3) is 11.5 Å². The fourth-order valence-electron chi connectivity index (χ4n) is 3.48. The van der Waals surface area contributed by atoms with Crippen LogP contribution < -0.4 is 15.6 Å². The molecule has 0 aliphatic heterocycles. The van der Waals surface area contributed by atoms with Gasteiger partial charge in [-0.3, -0.25) is 14.2 Å². The van der Waals surface area contributed by atoms with Crippen LogP contribution in [0.25, 0.3) is 16.7 Å². The second kappa shape index (κ2) is 7.87. The third-order valence-electron chi connectivity index (χ3n) is 5.05. The molecule has 4 aromatic rings. The average molecular weight is 402 g/mol. The van der Waals surface area contributed by atoms with E-state index in [0.717, 1.165) is 16.6 Å². The molecule has 2 aromatic carbocycles. The molecule has 0 fully saturated rings. The maximum atomic E-state index is 13.1. The van der Waals surface area contributed by atoms with Gasteiger partial charge in [0.1, 0.15) is 17.1 Å². The first-order valence-corrected chi connectivity index (χ1v) is 9.57. The molecule has 0 bridgehead atoms. The largest absolute Gasteiger partial charge is 0.495 e. The number of H-pyrrole nitrogens is 1. The fraction of sp³-hybridized carbons (Fsp3) is 0.174. The highest BCUT2D eigenvalue weighted by Crippen LogP contribution is 2.21. The smallest absolute Gasteiger partial charge is 0.268 e. The van der Waals surface area contributed by atoms with E-state index < -0.39 is 11.5 Å². The predicted octanol–water partition coefficient (Wildman–Crippen LogP) is 3.27. The Hall–Kier alpha value is -3.87. The number of para-hydroxylation sites is 3. The normalized spacial score (nSPS) is 10.9. The lowest BCUT2D eigenvalue weighted by Crippen LogP contribution is -2.33. The van der Waals surface area contributed by atoms with Crippen molar-refractivity contribution in [3.63, 3.8) is 0 Å². The number of imidazole rings is 1. The van der Waals surface area contributed by atoms with E-state index in [1.54, 1.807) is 38.4 Å². The number of pyridine rings is 1. The fourth-order valence-corrected chi connectivity index (χ4v) is 3.48. The van der Waals surface area contributed by atoms with E-state index in [4.69, 9.17) is 4.74 Å². The summed E-state index contributed by atoms with van der Waals surface area (Å²) in [4.78, 5) is 33.7. The number of aromatic amines is 1. The van der Waals surface area contributed by atoms with Crippen LogP contribution in [0.15, 0.2) is 59.5 Å². The average Bonchev–Trinajstić information content (AvgIpc) is 3.17. The van der Waals surface area contributed by atoms with Crippen LogP contribution in [0.5, 0.6) is 5.75 Å². The summed E-state index contributed by atoms with van der Waals surface area (Å²) < 4.78 is 6.78. The molecule has 0 unspecified atom stereocenters. The van der Waals surface area contributed by atoms with E-state index >= 15 is 0 Å². The van der Waals surface area contributed by atoms with Gasteiger partial charge in [-0.25, -0.2) is 4.98 Å². The Bertz CT molecular complexity index is 1300. The van der Waals surface area contributed by atoms with Gasteiger partial charge in [0.05, 0.1) is 30.4 Å². The Morgan fingerprint density at radius 1 is 1.10 bits per heavy atom. The molecule has 2 heterocycles. The minimum atomic E-state index is -0.445. The number of benzene rings is 2. The standard InChI is InChI=1S/C23H22N4O3/c1-14-11-12-27(17-9-4-5-10-18(17)30-3)23(29)20(14)22(28)24-13-19-25-16-8-6-7-15(2)21(16)26-19/h4-12H,13H2,1-3H3,(H,24,28)(H,25,26). The highest BCUT2D eigenvalue weighted by molar-refractivity contribution is 5.95. The van der Waals surface area contributed by atoms with E-state index in [-0.39, 0.29) is 12.1 Å². The van der Waals surface area contributed by atoms with Gasteiger partial charge in [-0.2, -0.15) is 0 Å². The maximum absolute atomic E-state index is 13.1. The molecular weight excluding hydrogens is 380 g/mol. The Morgan fingerprint density at radius 2 is 1.90 bits per heavy atom. The van der Waals surface area contributed by atoms with Gasteiger partial charge in [0.2, 0.25) is 0 Å². The van der Waals surface area contributed by atoms with Gasteiger partial charge in [-0.1, -0.05) is 24.3 Å². The summed E-state index contributed by atoms with van der Waals surface area (Å²) in [6.07, 6.45) is 1.65. The summed E-state index contributed by atoms with van der Waals surface area (Å²) >= 11 is 0. The summed E-state index contributed by atoms with van der Waals surface area (Å²) in [5.41, 5.74) is 3.70. The van der Waals surface area contributed by atoms with Crippen LogP contribution in [0.1, 0.15) is 27.3 Å². The van der Waals surface area contributed by atoms with Crippen molar-refractivity contribution in [3.8, 4) is 11.4 Å². The predicted molar refractivity (Wildman–Crippen MR) is 115 cm³/mol. The Morgan fingerprint density at radius 3 is 2.67 bits per heavy atom. The second-order valence-electron chi connectivity index (χ2n) is 7.06. The van der Waals surface area contributed by atoms with Crippen molar-refractivity contribution >= 4 is 16.9 Å². The molecule has 1 amide bonds. The number of hydrogen-bond donors (Lipinski definition) is 2. The minimum Gasteiger partial charge on any atom is -0.495 e. The molecule has 30 heavy (non-hydrogen) atoms. The highest BCUT2D eigenvalue weighted by Gasteiger charge is 2.18. The number of hydrogen-bond acceptors (Lipinski definition) is 4. The number of fused-ring (bicyclic) bond motifs is 1. The van der Waals surface area contributed by atoms with E-state index in [1.807, 2.05) is 37.3 Å². The number of methoxy groups -OCH3 is 1. The van der Waals surface area contributed by atoms with Crippen LogP contribution >= 0.6 is 0 Å². The molecule has 152 valence electrons. The van der Waals surface area contributed by atoms with E-state index in [9.17, 15) is 9.59 Å². The molecule has 0 atom stereocenters. The van der Waals surface area contributed by atoms with E-state index in [2.05, 4.69) is 15.3 Å². The number of amides is 1. The van der Waals surface area contributed by atoms with Crippen molar-refractivity contribution in [1.29, 1.82) is 0 Å². The van der Waals surface area contributed by atoms with Crippen molar-refractivity contribution in [2.24, 2.45) is 0 Å². The molecule has 2 N–H and O–H groups in total. The number of carbonyl (C=O) groups is 1. The van der Waals surface area contributed by atoms with Gasteiger partial charge in [0, 0.05) is 6.20 Å². The SMILES string of the molecule is COc1ccccc1-n1ccc(C)c(C(=O)NCc2nc3c(C)cccc3[nH]2)c1=O. The molecule has 7 heteroatoms. The molecule has 0 aliphatic carbocycles. The summed E-state index contributed by atoms with van der Waals surface area (Å²) in [6, 6.07) is 14.8. The number of nitrogens with zero attached hydrogens (tertiary/aromatic N) is 2. The first-order chi connectivity index (χ1) is 14.5. The zero-order valence-electron chi connectivity index (χ0n) is 17.0. The molecule has 0 aliphatic rings. The monoisotopic (exact) mass is 402 g/mol. The number of aryl methyl sites for hydroxylation is 2. The summed E-state index contributed by atoms with van der Waals surface area (Å²) in [6.45, 7) is 3.92. The molecule has 0 saturated heterocycles. The topological polar surface area (TPSA) is 89.0 Å². The summed E-state index contributed by atoms with van der Waals surface area (Å²) in [5.74, 6) is 0.734. The Kier molecular flexibility index (Phi) is 5.10. The molecule has 0 saturated carbocycles. The number of carbonyl (C=O) groups excluding carboxylic acids is 1. The Balaban J connectivity index is 1.63. The van der Waals surface area contributed by atoms with Crippen LogP contribution in [0, 0.1) is 13.8 Å². The molecular formula is C23H22N4O3. The quantitative estimate of drug-likeness (QED) is 0.536. The van der Waals surface area contributed by atoms with Crippen molar-refractivity contribution in [2.75, 3.05) is 7.11 Å². The van der Waals surface area contributed by atoms with Crippen molar-refractivity contribution in [2.45, 2.75) is 20.4 Å². The zero-order chi connectivity index (χ0) is 21.3. The molecule has 0 spiro atoms. The summed E-state index contributed by atoms with van der Waals surface area (Å²) in [7, 11) is 1.54. The van der Waals surface area contributed by atoms with E-state index in [0.29, 0.717) is 22.8 Å². The van der Waals surface area contributed by atoms with Crippen molar-refractivity contribution < 1.29 is 9.53 Å². The second-order valence-corrected chi connectivity index (χ2v) is 7.06. The van der Waals surface area contributed by atoms with Gasteiger partial charge < -0.3 is 15.0 Å². The number of aromatic nitrogens is 3. The zero-order valence-corrected chi connectivity index (χ0v) is 17.0. The first kappa shape index (κ1) is 19.4. The number of ether oxygens (including phenoxy) is 1. The molecule has 4 rings (SSSR count). The van der Waals surface area contributed by atoms with Crippen molar-refractivity contribution in [3.05, 3.63) is 87.6 Å². The first-order valence-electron chi connectivity index (χ1n) is 9.57. The van der Waals surface area contributed by atoms with Crippen LogP contribution in [0.4, 0.5) is 0 Å². The lowest BCUT2D eigenvalue weighted by Gasteiger charge is -2.13. The maximum Gasteiger partial charge on any atom is 0.268 e. The van der Waals surface area contributed by atoms with Crippen LogP contribution in [0.3, 0.4) is 0 Å². The van der Waals surface area contributed by atoms with Gasteiger partial charge in [-0.05, 0) is 49.2 Å². The Labute approximate surface area is 173 Å². The van der Waals surface area contributed by atoms with Gasteiger partial charge in [-0.15, -0.1) is 0 Å². The van der Waals surface area contributed by atoms with Crippen LogP contribution in [0.2, 0.25) is 0 Å². The number of rotatable bonds is 5. The molecule has 0 radical (unpaired) electrons. The molecule has 7 nitrogen and oxygen atoms in total. The van der Waals surface area contributed by atoms with E-state index in [1.165, 1.54) is 4.57 Å². The minimum absolute atomic E-state index is 0.0932. The van der Waals surface area contributed by atoms with Crippen LogP contribution in [-0.4, -0.2) is 27.6 Å². The third-order valence-corrected chi connectivity index (χ3v) is 5.05. The third kappa shape index (κ3) is 3.45. The highest BCUT2D eigenvalue weighted by atomic mass is 16.5. The van der Waals surface area contributed by atoms with Crippen LogP contribution in [-0.2, 0) is 6.54 Å². The van der Waals surface area contributed by atoms with Gasteiger partial charge >= 0.3 is 0 Å². The van der Waals surface area contributed by atoms with Crippen molar-refractivity contribution in [1.82, 2.24) is 19.9 Å². The lowest BCUT2D eigenvalue weighted by molar-refractivity contribution is 0.0947. The summed E-state index contributed by atoms with van der Waals surface area (Å²) in [5, 5.41) is 2.81. The molecule has 2 aromatic heterocycles. The lowest BCUT2D eigenvalue weighted by atomic mass is 10.1. The van der Waals surface area contributed by atoms with Gasteiger partial charge in [0.15, 0.2) is 0 Å².